The highest BCUT2D eigenvalue weighted by atomic mass is 16.2. The molecule has 0 radical (unpaired) electrons. The Balaban J connectivity index is 1.98. The van der Waals surface area contributed by atoms with Gasteiger partial charge in [0.1, 0.15) is 0 Å². The van der Waals surface area contributed by atoms with Gasteiger partial charge in [-0.3, -0.25) is 4.79 Å². The molecule has 1 atom stereocenters. The Morgan fingerprint density at radius 3 is 2.44 bits per heavy atom. The number of rotatable bonds is 3. The lowest BCUT2D eigenvalue weighted by molar-refractivity contribution is -0.143. The summed E-state index contributed by atoms with van der Waals surface area (Å²) in [6.07, 6.45) is 4.56. The first-order valence-electron chi connectivity index (χ1n) is 6.52. The van der Waals surface area contributed by atoms with Crippen LogP contribution in [0.3, 0.4) is 0 Å². The van der Waals surface area contributed by atoms with Crippen LogP contribution in [0.5, 0.6) is 0 Å². The molecule has 2 aliphatic rings. The molecule has 0 aromatic carbocycles. The molecule has 16 heavy (non-hydrogen) atoms. The summed E-state index contributed by atoms with van der Waals surface area (Å²) in [5.74, 6) is 1.12. The molecule has 1 aliphatic heterocycles. The smallest absolute Gasteiger partial charge is 0.228 e. The maximum atomic E-state index is 12.5. The Morgan fingerprint density at radius 1 is 1.38 bits per heavy atom. The minimum Gasteiger partial charge on any atom is -0.342 e. The average Bonchev–Trinajstić information content (AvgIpc) is 3.11. The summed E-state index contributed by atoms with van der Waals surface area (Å²) in [4.78, 5) is 14.5. The first kappa shape index (κ1) is 11.9. The van der Waals surface area contributed by atoms with Crippen molar-refractivity contribution in [1.29, 1.82) is 0 Å². The number of hydrogen-bond acceptors (Lipinski definition) is 2. The number of piperidine rings is 1. The van der Waals surface area contributed by atoms with Crippen LogP contribution in [0.2, 0.25) is 0 Å². The van der Waals surface area contributed by atoms with Gasteiger partial charge in [0, 0.05) is 18.5 Å². The highest BCUT2D eigenvalue weighted by Gasteiger charge is 2.40. The van der Waals surface area contributed by atoms with Crippen LogP contribution in [0, 0.1) is 11.3 Å². The first-order chi connectivity index (χ1) is 7.54. The molecular formula is C13H24N2O. The summed E-state index contributed by atoms with van der Waals surface area (Å²) >= 11 is 0. The van der Waals surface area contributed by atoms with Gasteiger partial charge in [-0.15, -0.1) is 0 Å². The molecule has 0 bridgehead atoms. The summed E-state index contributed by atoms with van der Waals surface area (Å²) in [6, 6.07) is 0.430. The van der Waals surface area contributed by atoms with E-state index in [4.69, 9.17) is 0 Å². The van der Waals surface area contributed by atoms with E-state index in [0.717, 1.165) is 31.8 Å². The van der Waals surface area contributed by atoms with Crippen molar-refractivity contribution >= 4 is 5.91 Å². The second-order valence-corrected chi connectivity index (χ2v) is 5.80. The van der Waals surface area contributed by atoms with Crippen LogP contribution in [0.25, 0.3) is 0 Å². The lowest BCUT2D eigenvalue weighted by atomic mass is 9.79. The predicted octanol–water partition coefficient (Wildman–Crippen LogP) is 1.63. The van der Waals surface area contributed by atoms with Gasteiger partial charge in [-0.25, -0.2) is 0 Å². The fourth-order valence-corrected chi connectivity index (χ4v) is 2.70. The zero-order chi connectivity index (χ0) is 11.8. The van der Waals surface area contributed by atoms with Crippen LogP contribution in [0.4, 0.5) is 0 Å². The van der Waals surface area contributed by atoms with E-state index < -0.39 is 0 Å². The van der Waals surface area contributed by atoms with E-state index in [1.807, 2.05) is 11.9 Å². The quantitative estimate of drug-likeness (QED) is 0.790. The Bertz CT molecular complexity index is 267. The fourth-order valence-electron chi connectivity index (χ4n) is 2.70. The van der Waals surface area contributed by atoms with E-state index in [2.05, 4.69) is 19.2 Å². The molecule has 1 N–H and O–H groups in total. The predicted molar refractivity (Wildman–Crippen MR) is 65.2 cm³/mol. The molecule has 3 nitrogen and oxygen atoms in total. The third-order valence-electron chi connectivity index (χ3n) is 4.46. The van der Waals surface area contributed by atoms with E-state index in [-0.39, 0.29) is 5.41 Å². The van der Waals surface area contributed by atoms with Crippen molar-refractivity contribution in [3.05, 3.63) is 0 Å². The molecule has 1 aliphatic carbocycles. The number of nitrogens with zero attached hydrogens (tertiary/aromatic N) is 1. The standard InChI is InChI=1S/C13H24N2O/c1-10(11-4-5-11)15(3)12(16)13(2)6-8-14-9-7-13/h10-11,14H,4-9H2,1-3H3. The number of nitrogens with one attached hydrogen (secondary N) is 1. The second kappa shape index (κ2) is 4.36. The van der Waals surface area contributed by atoms with Crippen molar-refractivity contribution in [2.24, 2.45) is 11.3 Å². The second-order valence-electron chi connectivity index (χ2n) is 5.80. The van der Waals surface area contributed by atoms with Crippen LogP contribution in [0.1, 0.15) is 39.5 Å². The molecule has 1 heterocycles. The van der Waals surface area contributed by atoms with Crippen molar-refractivity contribution in [2.75, 3.05) is 20.1 Å². The molecule has 1 unspecified atom stereocenters. The minimum absolute atomic E-state index is 0.122. The summed E-state index contributed by atoms with van der Waals surface area (Å²) < 4.78 is 0. The van der Waals surface area contributed by atoms with Crippen molar-refractivity contribution in [3.8, 4) is 0 Å². The van der Waals surface area contributed by atoms with Gasteiger partial charge >= 0.3 is 0 Å². The minimum atomic E-state index is -0.122. The topological polar surface area (TPSA) is 32.3 Å². The maximum absolute atomic E-state index is 12.5. The Kier molecular flexibility index (Phi) is 3.24. The molecule has 3 heteroatoms. The molecule has 0 spiro atoms. The number of hydrogen-bond donors (Lipinski definition) is 1. The lowest BCUT2D eigenvalue weighted by Gasteiger charge is -2.38. The maximum Gasteiger partial charge on any atom is 0.228 e. The van der Waals surface area contributed by atoms with Crippen LogP contribution in [0.15, 0.2) is 0 Å². The van der Waals surface area contributed by atoms with Gasteiger partial charge in [0.05, 0.1) is 0 Å². The number of carbonyl (C=O) groups excluding carboxylic acids is 1. The molecule has 1 saturated heterocycles. The summed E-state index contributed by atoms with van der Waals surface area (Å²) in [5, 5.41) is 3.33. The molecule has 92 valence electrons. The van der Waals surface area contributed by atoms with E-state index in [0.29, 0.717) is 11.9 Å². The van der Waals surface area contributed by atoms with Crippen molar-refractivity contribution in [1.82, 2.24) is 10.2 Å². The molecule has 0 aromatic heterocycles. The zero-order valence-corrected chi connectivity index (χ0v) is 10.8. The molecular weight excluding hydrogens is 200 g/mol. The fraction of sp³-hybridized carbons (Fsp3) is 0.923. The third-order valence-corrected chi connectivity index (χ3v) is 4.46. The van der Waals surface area contributed by atoms with Crippen molar-refractivity contribution in [2.45, 2.75) is 45.6 Å². The van der Waals surface area contributed by atoms with Crippen LogP contribution in [-0.4, -0.2) is 37.0 Å². The molecule has 1 amide bonds. The van der Waals surface area contributed by atoms with Gasteiger partial charge in [-0.2, -0.15) is 0 Å². The third kappa shape index (κ3) is 2.24. The molecule has 2 rings (SSSR count). The highest BCUT2D eigenvalue weighted by Crippen LogP contribution is 2.37. The summed E-state index contributed by atoms with van der Waals surface area (Å²) in [6.45, 7) is 6.29. The van der Waals surface area contributed by atoms with Crippen LogP contribution < -0.4 is 5.32 Å². The van der Waals surface area contributed by atoms with Crippen LogP contribution >= 0.6 is 0 Å². The van der Waals surface area contributed by atoms with Gasteiger partial charge in [0.25, 0.3) is 0 Å². The molecule has 2 fully saturated rings. The highest BCUT2D eigenvalue weighted by molar-refractivity contribution is 5.82. The SMILES string of the molecule is CC(C1CC1)N(C)C(=O)C1(C)CCNCC1. The number of amides is 1. The van der Waals surface area contributed by atoms with Gasteiger partial charge < -0.3 is 10.2 Å². The largest absolute Gasteiger partial charge is 0.342 e. The summed E-state index contributed by atoms with van der Waals surface area (Å²) in [7, 11) is 1.98. The van der Waals surface area contributed by atoms with Gasteiger partial charge in [0.15, 0.2) is 0 Å². The van der Waals surface area contributed by atoms with Crippen LogP contribution in [-0.2, 0) is 4.79 Å². The van der Waals surface area contributed by atoms with Gasteiger partial charge in [-0.1, -0.05) is 6.92 Å². The van der Waals surface area contributed by atoms with E-state index >= 15 is 0 Å². The Morgan fingerprint density at radius 2 is 1.94 bits per heavy atom. The Labute approximate surface area is 98.6 Å². The monoisotopic (exact) mass is 224 g/mol. The van der Waals surface area contributed by atoms with E-state index in [1.54, 1.807) is 0 Å². The van der Waals surface area contributed by atoms with Gasteiger partial charge in [0.2, 0.25) is 5.91 Å². The average molecular weight is 224 g/mol. The van der Waals surface area contributed by atoms with Crippen molar-refractivity contribution < 1.29 is 4.79 Å². The lowest BCUT2D eigenvalue weighted by Crippen LogP contribution is -2.49. The normalized spacial score (nSPS) is 26.2. The first-order valence-corrected chi connectivity index (χ1v) is 6.52. The zero-order valence-electron chi connectivity index (χ0n) is 10.8. The molecule has 1 saturated carbocycles. The summed E-state index contributed by atoms with van der Waals surface area (Å²) in [5.41, 5.74) is -0.122. The van der Waals surface area contributed by atoms with E-state index in [9.17, 15) is 4.79 Å². The van der Waals surface area contributed by atoms with Gasteiger partial charge in [-0.05, 0) is 51.6 Å². The number of carbonyl (C=O) groups is 1. The Hall–Kier alpha value is -0.570. The molecule has 0 aromatic rings. The van der Waals surface area contributed by atoms with E-state index in [1.165, 1.54) is 12.8 Å². The van der Waals surface area contributed by atoms with Crippen molar-refractivity contribution in [3.63, 3.8) is 0 Å².